The van der Waals surface area contributed by atoms with Gasteiger partial charge in [-0.3, -0.25) is 9.13 Å². The van der Waals surface area contributed by atoms with Crippen LogP contribution in [-0.4, -0.2) is 27.5 Å². The van der Waals surface area contributed by atoms with Gasteiger partial charge < -0.3 is 9.84 Å². The molecule has 0 aliphatic heterocycles. The highest BCUT2D eigenvalue weighted by Gasteiger charge is 2.11. The summed E-state index contributed by atoms with van der Waals surface area (Å²) in [6.07, 6.45) is 10.3. The molecule has 0 atom stereocenters. The second-order valence-corrected chi connectivity index (χ2v) is 6.03. The Morgan fingerprint density at radius 3 is 2.62 bits per heavy atom. The summed E-state index contributed by atoms with van der Waals surface area (Å²) < 4.78 is 9.09. The third kappa shape index (κ3) is 4.55. The van der Waals surface area contributed by atoms with Crippen molar-refractivity contribution in [1.82, 2.24) is 9.13 Å². The number of aryl methyl sites for hydroxylation is 1. The molecule has 0 unspecified atom stereocenters. The van der Waals surface area contributed by atoms with E-state index >= 15 is 0 Å². The zero-order valence-corrected chi connectivity index (χ0v) is 15.8. The number of aliphatic hydroxyl groups is 1. The number of nitrogens with zero attached hydrogens (tertiary/aromatic N) is 2. The van der Waals surface area contributed by atoms with Gasteiger partial charge in [0.15, 0.2) is 0 Å². The van der Waals surface area contributed by atoms with E-state index in [1.54, 1.807) is 16.2 Å². The number of hydrogen-bond acceptors (Lipinski definition) is 3. The third-order valence-corrected chi connectivity index (χ3v) is 4.14. The number of fused-ring (bicyclic) bond motifs is 1. The lowest BCUT2D eigenvalue weighted by Gasteiger charge is -2.08. The molecule has 140 valence electrons. The molecule has 0 spiro atoms. The Bertz CT molecular complexity index is 869. The van der Waals surface area contributed by atoms with Gasteiger partial charge in [-0.1, -0.05) is 31.6 Å². The highest BCUT2D eigenvalue weighted by atomic mass is 16.5. The fourth-order valence-electron chi connectivity index (χ4n) is 2.73. The Morgan fingerprint density at radius 1 is 1.23 bits per heavy atom. The van der Waals surface area contributed by atoms with Crippen LogP contribution in [0.4, 0.5) is 0 Å². The normalized spacial score (nSPS) is 13.1. The second-order valence-electron chi connectivity index (χ2n) is 6.03. The van der Waals surface area contributed by atoms with E-state index in [0.717, 1.165) is 35.3 Å². The van der Waals surface area contributed by atoms with Crippen LogP contribution in [-0.2, 0) is 11.8 Å². The quantitative estimate of drug-likeness (QED) is 0.422. The van der Waals surface area contributed by atoms with Crippen LogP contribution in [0.25, 0.3) is 16.7 Å². The van der Waals surface area contributed by atoms with Gasteiger partial charge in [0.2, 0.25) is 0 Å². The molecule has 0 fully saturated rings. The first kappa shape index (κ1) is 19.8. The first-order valence-corrected chi connectivity index (χ1v) is 9.09. The molecular formula is C21H28N2O3. The van der Waals surface area contributed by atoms with E-state index < -0.39 is 0 Å². The minimum atomic E-state index is -0.0794. The van der Waals surface area contributed by atoms with E-state index in [9.17, 15) is 4.79 Å². The Hall–Kier alpha value is -2.53. The number of unbranched alkanes of at least 4 members (excludes halogenated alkanes) is 1. The van der Waals surface area contributed by atoms with Gasteiger partial charge in [-0.05, 0) is 43.7 Å². The number of imidazole rings is 1. The molecule has 2 aromatic rings. The van der Waals surface area contributed by atoms with Crippen LogP contribution >= 0.6 is 0 Å². The van der Waals surface area contributed by atoms with Crippen LogP contribution in [0, 0.1) is 0 Å². The van der Waals surface area contributed by atoms with Crippen LogP contribution in [0.1, 0.15) is 33.1 Å². The van der Waals surface area contributed by atoms with Crippen molar-refractivity contribution in [2.24, 2.45) is 7.05 Å². The zero-order valence-electron chi connectivity index (χ0n) is 15.8. The Balaban J connectivity index is 2.35. The van der Waals surface area contributed by atoms with E-state index in [0.29, 0.717) is 13.0 Å². The van der Waals surface area contributed by atoms with Gasteiger partial charge in [0.05, 0.1) is 17.6 Å². The summed E-state index contributed by atoms with van der Waals surface area (Å²) >= 11 is 0. The number of allylic oxidation sites excluding steroid dienone is 5. The molecular weight excluding hydrogens is 328 g/mol. The lowest BCUT2D eigenvalue weighted by Crippen LogP contribution is -2.21. The Labute approximate surface area is 154 Å². The number of para-hydroxylation sites is 2. The van der Waals surface area contributed by atoms with Crippen molar-refractivity contribution >= 4 is 16.7 Å². The maximum Gasteiger partial charge on any atom is 0.333 e. The van der Waals surface area contributed by atoms with Crippen molar-refractivity contribution in [2.45, 2.75) is 33.1 Å². The number of benzene rings is 1. The summed E-state index contributed by atoms with van der Waals surface area (Å²) in [6, 6.07) is 7.74. The highest BCUT2D eigenvalue weighted by Crippen LogP contribution is 2.17. The molecule has 0 saturated heterocycles. The zero-order chi connectivity index (χ0) is 18.9. The van der Waals surface area contributed by atoms with Crippen LogP contribution in [0.15, 0.2) is 59.1 Å². The van der Waals surface area contributed by atoms with E-state index in [2.05, 4.69) is 6.92 Å². The third-order valence-electron chi connectivity index (χ3n) is 4.14. The van der Waals surface area contributed by atoms with Crippen molar-refractivity contribution in [3.63, 3.8) is 0 Å². The first-order valence-electron chi connectivity index (χ1n) is 9.09. The molecule has 26 heavy (non-hydrogen) atoms. The number of aliphatic hydroxyl groups excluding tert-OH is 1. The summed E-state index contributed by atoms with van der Waals surface area (Å²) in [4.78, 5) is 12.7. The number of ether oxygens (including phenoxy) is 1. The van der Waals surface area contributed by atoms with E-state index in [-0.39, 0.29) is 12.3 Å². The van der Waals surface area contributed by atoms with Gasteiger partial charge >= 0.3 is 5.69 Å². The Kier molecular flexibility index (Phi) is 7.48. The van der Waals surface area contributed by atoms with E-state index in [1.807, 2.05) is 55.5 Å². The molecule has 1 aromatic carbocycles. The van der Waals surface area contributed by atoms with Crippen LogP contribution in [0.2, 0.25) is 0 Å². The number of rotatable bonds is 9. The van der Waals surface area contributed by atoms with E-state index in [1.165, 1.54) is 0 Å². The van der Waals surface area contributed by atoms with Crippen molar-refractivity contribution < 1.29 is 9.84 Å². The summed E-state index contributed by atoms with van der Waals surface area (Å²) in [6.45, 7) is 4.60. The summed E-state index contributed by atoms with van der Waals surface area (Å²) in [5.74, 6) is 0.757. The average Bonchev–Trinajstić information content (AvgIpc) is 2.91. The SMILES string of the molecule is C\C=C(/C=C\C(=C\CCC)OCCCO)n1c(=O)n(C)c2ccccc21. The van der Waals surface area contributed by atoms with Gasteiger partial charge in [0, 0.05) is 25.8 Å². The van der Waals surface area contributed by atoms with Gasteiger partial charge in [-0.25, -0.2) is 4.79 Å². The summed E-state index contributed by atoms with van der Waals surface area (Å²) in [7, 11) is 1.78. The van der Waals surface area contributed by atoms with E-state index in [4.69, 9.17) is 9.84 Å². The number of hydrogen-bond donors (Lipinski definition) is 1. The van der Waals surface area contributed by atoms with Crippen LogP contribution in [0.5, 0.6) is 0 Å². The lowest BCUT2D eigenvalue weighted by molar-refractivity contribution is 0.183. The first-order chi connectivity index (χ1) is 12.6. The molecule has 0 aliphatic rings. The van der Waals surface area contributed by atoms with Crippen molar-refractivity contribution in [3.8, 4) is 0 Å². The molecule has 0 aliphatic carbocycles. The molecule has 1 heterocycles. The largest absolute Gasteiger partial charge is 0.494 e. The number of aromatic nitrogens is 2. The molecule has 1 N–H and O–H groups in total. The van der Waals surface area contributed by atoms with Crippen molar-refractivity contribution in [1.29, 1.82) is 0 Å². The van der Waals surface area contributed by atoms with Gasteiger partial charge in [-0.15, -0.1) is 0 Å². The molecule has 5 nitrogen and oxygen atoms in total. The minimum absolute atomic E-state index is 0.0794. The molecule has 2 rings (SSSR count). The van der Waals surface area contributed by atoms with Gasteiger partial charge in [0.1, 0.15) is 5.76 Å². The van der Waals surface area contributed by atoms with Gasteiger partial charge in [0.25, 0.3) is 0 Å². The molecule has 0 amide bonds. The standard InChI is InChI=1S/C21H28N2O3/c1-4-6-10-18(26-16-9-15-24)14-13-17(5-2)23-20-12-8-7-11-19(20)22(3)21(23)25/h5,7-8,10-14,24H,4,6,9,15-16H2,1-3H3/b14-13-,17-5+,18-10-. The van der Waals surface area contributed by atoms with Crippen LogP contribution in [0.3, 0.4) is 0 Å². The molecule has 0 radical (unpaired) electrons. The maximum atomic E-state index is 12.7. The topological polar surface area (TPSA) is 56.4 Å². The van der Waals surface area contributed by atoms with Crippen molar-refractivity contribution in [3.05, 3.63) is 64.8 Å². The smallest absolute Gasteiger partial charge is 0.333 e. The molecule has 0 bridgehead atoms. The molecule has 0 saturated carbocycles. The summed E-state index contributed by atoms with van der Waals surface area (Å²) in [5, 5.41) is 8.93. The highest BCUT2D eigenvalue weighted by molar-refractivity contribution is 5.81. The summed E-state index contributed by atoms with van der Waals surface area (Å²) in [5.41, 5.74) is 2.48. The molecule has 5 heteroatoms. The van der Waals surface area contributed by atoms with Crippen LogP contribution < -0.4 is 5.69 Å². The van der Waals surface area contributed by atoms with Gasteiger partial charge in [-0.2, -0.15) is 0 Å². The predicted molar refractivity (Wildman–Crippen MR) is 107 cm³/mol. The minimum Gasteiger partial charge on any atom is -0.494 e. The Morgan fingerprint density at radius 2 is 1.96 bits per heavy atom. The monoisotopic (exact) mass is 356 g/mol. The fraction of sp³-hybridized carbons (Fsp3) is 0.381. The molecule has 1 aromatic heterocycles. The average molecular weight is 356 g/mol. The lowest BCUT2D eigenvalue weighted by atomic mass is 10.2. The van der Waals surface area contributed by atoms with Crippen molar-refractivity contribution in [2.75, 3.05) is 13.2 Å². The maximum absolute atomic E-state index is 12.7. The second kappa shape index (κ2) is 9.82. The fourth-order valence-corrected chi connectivity index (χ4v) is 2.73. The predicted octanol–water partition coefficient (Wildman–Crippen LogP) is 3.84.